The number of carbonyl (C=O) groups excluding carboxylic acids is 2. The lowest BCUT2D eigenvalue weighted by molar-refractivity contribution is -0.124. The van der Waals surface area contributed by atoms with Crippen molar-refractivity contribution in [1.82, 2.24) is 0 Å². The van der Waals surface area contributed by atoms with Gasteiger partial charge in [0.15, 0.2) is 0 Å². The molecule has 1 atom stereocenters. The second kappa shape index (κ2) is 2.12. The van der Waals surface area contributed by atoms with Crippen LogP contribution in [-0.2, 0) is 14.3 Å². The Morgan fingerprint density at radius 3 is 2.60 bits per heavy atom. The first-order valence-corrected chi connectivity index (χ1v) is 2.98. The van der Waals surface area contributed by atoms with Gasteiger partial charge < -0.3 is 9.47 Å². The van der Waals surface area contributed by atoms with Crippen LogP contribution in [-0.4, -0.2) is 23.6 Å². The van der Waals surface area contributed by atoms with Gasteiger partial charge in [0.05, 0.1) is 0 Å². The van der Waals surface area contributed by atoms with Crippen LogP contribution in [0.1, 0.15) is 6.92 Å². The number of hydrogen-bond acceptors (Lipinski definition) is 4. The highest BCUT2D eigenvalue weighted by Gasteiger charge is 2.43. The summed E-state index contributed by atoms with van der Waals surface area (Å²) < 4.78 is 8.83. The highest BCUT2D eigenvalue weighted by molar-refractivity contribution is 6.65. The lowest BCUT2D eigenvalue weighted by Crippen LogP contribution is -2.34. The Labute approximate surface area is 62.0 Å². The quantitative estimate of drug-likeness (QED) is 0.422. The zero-order chi connectivity index (χ0) is 7.78. The summed E-state index contributed by atoms with van der Waals surface area (Å²) in [6.45, 7) is 1.29. The number of rotatable bonds is 1. The van der Waals surface area contributed by atoms with E-state index >= 15 is 0 Å². The van der Waals surface area contributed by atoms with Gasteiger partial charge in [-0.05, 0) is 18.5 Å². The Bertz CT molecular complexity index is 190. The van der Waals surface area contributed by atoms with Crippen LogP contribution >= 0.6 is 11.6 Å². The number of hydrogen-bond donors (Lipinski definition) is 0. The minimum atomic E-state index is -1.28. The van der Waals surface area contributed by atoms with Crippen LogP contribution in [0.2, 0.25) is 0 Å². The fourth-order valence-electron chi connectivity index (χ4n) is 0.536. The van der Waals surface area contributed by atoms with Crippen molar-refractivity contribution in [2.75, 3.05) is 6.61 Å². The summed E-state index contributed by atoms with van der Waals surface area (Å²) in [7, 11) is 0. The summed E-state index contributed by atoms with van der Waals surface area (Å²) in [4.78, 5) is 20.8. The first kappa shape index (κ1) is 7.34. The predicted molar refractivity (Wildman–Crippen MR) is 31.7 cm³/mol. The second-order valence-electron chi connectivity index (χ2n) is 2.15. The van der Waals surface area contributed by atoms with Crippen LogP contribution in [0, 0.1) is 0 Å². The monoisotopic (exact) mass is 164 g/mol. The first-order valence-electron chi connectivity index (χ1n) is 2.60. The summed E-state index contributed by atoms with van der Waals surface area (Å²) >= 11 is 5.09. The Hall–Kier alpha value is -0.770. The van der Waals surface area contributed by atoms with Crippen LogP contribution in [0.4, 0.5) is 4.79 Å². The third kappa shape index (κ3) is 1.07. The molecule has 0 amide bonds. The molecule has 0 aliphatic carbocycles. The van der Waals surface area contributed by atoms with Crippen molar-refractivity contribution in [3.63, 3.8) is 0 Å². The van der Waals surface area contributed by atoms with Crippen LogP contribution < -0.4 is 0 Å². The molecular weight excluding hydrogens is 160 g/mol. The summed E-state index contributed by atoms with van der Waals surface area (Å²) in [5.74, 6) is 0. The van der Waals surface area contributed by atoms with E-state index in [0.29, 0.717) is 0 Å². The molecule has 0 saturated carbocycles. The Kier molecular flexibility index (Phi) is 1.56. The standard InChI is InChI=1S/C5H5ClO4/c1-5(3(6)7)2-9-4(8)10-5/h2H2,1H3/t5-/m1/s1. The molecule has 0 N–H and O–H groups in total. The maximum Gasteiger partial charge on any atom is 0.509 e. The van der Waals surface area contributed by atoms with E-state index in [-0.39, 0.29) is 6.61 Å². The van der Waals surface area contributed by atoms with E-state index in [0.717, 1.165) is 0 Å². The van der Waals surface area contributed by atoms with E-state index in [1.807, 2.05) is 0 Å². The van der Waals surface area contributed by atoms with Gasteiger partial charge in [-0.25, -0.2) is 4.79 Å². The van der Waals surface area contributed by atoms with Crippen LogP contribution in [0.15, 0.2) is 0 Å². The van der Waals surface area contributed by atoms with Gasteiger partial charge in [0.1, 0.15) is 6.61 Å². The second-order valence-corrected chi connectivity index (χ2v) is 2.49. The van der Waals surface area contributed by atoms with Gasteiger partial charge in [-0.15, -0.1) is 0 Å². The molecule has 0 aromatic carbocycles. The van der Waals surface area contributed by atoms with Crippen molar-refractivity contribution in [1.29, 1.82) is 0 Å². The normalized spacial score (nSPS) is 31.2. The molecule has 1 saturated heterocycles. The van der Waals surface area contributed by atoms with Gasteiger partial charge in [0.2, 0.25) is 5.60 Å². The minimum Gasteiger partial charge on any atom is -0.429 e. The smallest absolute Gasteiger partial charge is 0.429 e. The van der Waals surface area contributed by atoms with E-state index in [4.69, 9.17) is 11.6 Å². The highest BCUT2D eigenvalue weighted by atomic mass is 35.5. The van der Waals surface area contributed by atoms with Crippen molar-refractivity contribution < 1.29 is 19.1 Å². The molecule has 0 bridgehead atoms. The van der Waals surface area contributed by atoms with Gasteiger partial charge in [-0.3, -0.25) is 4.79 Å². The van der Waals surface area contributed by atoms with Crippen molar-refractivity contribution in [2.24, 2.45) is 0 Å². The molecule has 0 radical (unpaired) electrons. The SMILES string of the molecule is C[C@]1(C(=O)Cl)COC(=O)O1. The molecule has 56 valence electrons. The predicted octanol–water partition coefficient (Wildman–Crippen LogP) is 0.677. The number of cyclic esters (lactones) is 2. The van der Waals surface area contributed by atoms with E-state index in [1.54, 1.807) is 0 Å². The lowest BCUT2D eigenvalue weighted by atomic mass is 10.1. The maximum atomic E-state index is 10.5. The van der Waals surface area contributed by atoms with Crippen molar-refractivity contribution in [2.45, 2.75) is 12.5 Å². The summed E-state index contributed by atoms with van der Waals surface area (Å²) in [5.41, 5.74) is -1.28. The average Bonchev–Trinajstić information content (AvgIpc) is 2.13. The summed E-state index contributed by atoms with van der Waals surface area (Å²) in [5, 5.41) is -0.724. The van der Waals surface area contributed by atoms with Crippen LogP contribution in [0.25, 0.3) is 0 Å². The molecule has 0 unspecified atom stereocenters. The minimum absolute atomic E-state index is 0.103. The fraction of sp³-hybridized carbons (Fsp3) is 0.600. The van der Waals surface area contributed by atoms with E-state index < -0.39 is 17.0 Å². The molecule has 5 heteroatoms. The molecule has 4 nitrogen and oxygen atoms in total. The molecule has 0 spiro atoms. The Balaban J connectivity index is 2.72. The summed E-state index contributed by atoms with van der Waals surface area (Å²) in [6, 6.07) is 0. The fourth-order valence-corrected chi connectivity index (χ4v) is 0.629. The molecule has 1 aliphatic heterocycles. The van der Waals surface area contributed by atoms with Crippen molar-refractivity contribution >= 4 is 23.0 Å². The highest BCUT2D eigenvalue weighted by Crippen LogP contribution is 2.21. The van der Waals surface area contributed by atoms with Crippen molar-refractivity contribution in [3.8, 4) is 0 Å². The van der Waals surface area contributed by atoms with Gasteiger partial charge in [0, 0.05) is 0 Å². The topological polar surface area (TPSA) is 52.6 Å². The average molecular weight is 165 g/mol. The number of carbonyl (C=O) groups is 2. The van der Waals surface area contributed by atoms with Gasteiger partial charge in [-0.2, -0.15) is 0 Å². The molecule has 1 fully saturated rings. The van der Waals surface area contributed by atoms with Crippen LogP contribution in [0.3, 0.4) is 0 Å². The van der Waals surface area contributed by atoms with Gasteiger partial charge in [-0.1, -0.05) is 0 Å². The van der Waals surface area contributed by atoms with E-state index in [1.165, 1.54) is 6.92 Å². The zero-order valence-corrected chi connectivity index (χ0v) is 5.97. The molecule has 1 aliphatic rings. The van der Waals surface area contributed by atoms with E-state index in [9.17, 15) is 9.59 Å². The zero-order valence-electron chi connectivity index (χ0n) is 5.22. The Morgan fingerprint density at radius 1 is 1.80 bits per heavy atom. The van der Waals surface area contributed by atoms with Gasteiger partial charge in [0.25, 0.3) is 5.24 Å². The number of halogens is 1. The third-order valence-electron chi connectivity index (χ3n) is 1.19. The number of ether oxygens (including phenoxy) is 2. The lowest BCUT2D eigenvalue weighted by Gasteiger charge is -2.11. The van der Waals surface area contributed by atoms with Crippen LogP contribution in [0.5, 0.6) is 0 Å². The van der Waals surface area contributed by atoms with E-state index in [2.05, 4.69) is 9.47 Å². The molecule has 10 heavy (non-hydrogen) atoms. The molecular formula is C5H5ClO4. The molecule has 1 heterocycles. The largest absolute Gasteiger partial charge is 0.509 e. The molecule has 1 rings (SSSR count). The third-order valence-corrected chi connectivity index (χ3v) is 1.59. The van der Waals surface area contributed by atoms with Crippen molar-refractivity contribution in [3.05, 3.63) is 0 Å². The maximum absolute atomic E-state index is 10.5. The Morgan fingerprint density at radius 2 is 2.40 bits per heavy atom. The summed E-state index contributed by atoms with van der Waals surface area (Å²) in [6.07, 6.45) is -0.850. The molecule has 0 aromatic heterocycles. The molecule has 0 aromatic rings. The van der Waals surface area contributed by atoms with Gasteiger partial charge >= 0.3 is 6.16 Å². The first-order chi connectivity index (χ1) is 4.54.